The molecule has 0 atom stereocenters. The summed E-state index contributed by atoms with van der Waals surface area (Å²) in [6.07, 6.45) is 1.45. The molecular formula is C13H15N3O3S2. The second kappa shape index (κ2) is 6.41. The van der Waals surface area contributed by atoms with Crippen LogP contribution in [-0.4, -0.2) is 41.3 Å². The van der Waals surface area contributed by atoms with Crippen molar-refractivity contribution in [3.8, 4) is 11.8 Å². The van der Waals surface area contributed by atoms with E-state index in [1.807, 2.05) is 11.4 Å². The number of sulfonamides is 1. The lowest BCUT2D eigenvalue weighted by molar-refractivity contribution is 0.350. The van der Waals surface area contributed by atoms with Crippen molar-refractivity contribution in [2.24, 2.45) is 7.05 Å². The van der Waals surface area contributed by atoms with Crippen LogP contribution in [0.2, 0.25) is 0 Å². The zero-order valence-corrected chi connectivity index (χ0v) is 13.3. The quantitative estimate of drug-likeness (QED) is 0.838. The van der Waals surface area contributed by atoms with Gasteiger partial charge in [0.25, 0.3) is 10.0 Å². The van der Waals surface area contributed by atoms with E-state index in [1.54, 1.807) is 7.05 Å². The highest BCUT2D eigenvalue weighted by Gasteiger charge is 2.24. The standard InChI is InChI=1S/C13H15N3O3S2/c1-15(21(18,19)13-5-6-14-16(13)2)9-12-8-11(10-20-12)4-3-7-17/h5-6,8,10,17H,7,9H2,1-2H3. The largest absolute Gasteiger partial charge is 0.384 e. The molecule has 0 amide bonds. The fourth-order valence-electron chi connectivity index (χ4n) is 1.75. The lowest BCUT2D eigenvalue weighted by Gasteiger charge is -2.16. The molecule has 8 heteroatoms. The summed E-state index contributed by atoms with van der Waals surface area (Å²) < 4.78 is 27.4. The monoisotopic (exact) mass is 325 g/mol. The third-order valence-electron chi connectivity index (χ3n) is 2.79. The van der Waals surface area contributed by atoms with Crippen LogP contribution in [0.25, 0.3) is 0 Å². The fraction of sp³-hybridized carbons (Fsp3) is 0.308. The summed E-state index contributed by atoms with van der Waals surface area (Å²) in [5.41, 5.74) is 0.774. The molecule has 0 bridgehead atoms. The van der Waals surface area contributed by atoms with E-state index >= 15 is 0 Å². The molecule has 0 aliphatic rings. The predicted molar refractivity (Wildman–Crippen MR) is 80.1 cm³/mol. The van der Waals surface area contributed by atoms with Crippen molar-refractivity contribution in [2.75, 3.05) is 13.7 Å². The van der Waals surface area contributed by atoms with E-state index in [4.69, 9.17) is 5.11 Å². The highest BCUT2D eigenvalue weighted by molar-refractivity contribution is 7.89. The minimum atomic E-state index is -3.57. The zero-order chi connectivity index (χ0) is 15.5. The molecule has 0 unspecified atom stereocenters. The molecule has 0 aliphatic heterocycles. The molecule has 2 aromatic heterocycles. The van der Waals surface area contributed by atoms with Crippen LogP contribution in [0.3, 0.4) is 0 Å². The second-order valence-electron chi connectivity index (χ2n) is 4.32. The number of hydrogen-bond acceptors (Lipinski definition) is 5. The van der Waals surface area contributed by atoms with E-state index in [2.05, 4.69) is 16.9 Å². The molecule has 2 aromatic rings. The first-order valence-electron chi connectivity index (χ1n) is 6.06. The normalized spacial score (nSPS) is 11.4. The molecule has 0 saturated carbocycles. The van der Waals surface area contributed by atoms with E-state index in [0.717, 1.165) is 10.4 Å². The third-order valence-corrected chi connectivity index (χ3v) is 5.59. The van der Waals surface area contributed by atoms with Gasteiger partial charge in [-0.25, -0.2) is 8.42 Å². The number of aliphatic hydroxyl groups is 1. The summed E-state index contributed by atoms with van der Waals surface area (Å²) in [5.74, 6) is 5.35. The number of aryl methyl sites for hydroxylation is 1. The van der Waals surface area contributed by atoms with Crippen molar-refractivity contribution in [2.45, 2.75) is 11.6 Å². The van der Waals surface area contributed by atoms with E-state index in [0.29, 0.717) is 0 Å². The van der Waals surface area contributed by atoms with E-state index in [1.165, 1.54) is 39.6 Å². The number of hydrogen-bond donors (Lipinski definition) is 1. The Labute approximate surface area is 127 Å². The summed E-state index contributed by atoms with van der Waals surface area (Å²) in [6, 6.07) is 3.29. The minimum Gasteiger partial charge on any atom is -0.384 e. The molecule has 2 rings (SSSR count). The molecule has 6 nitrogen and oxygen atoms in total. The Morgan fingerprint density at radius 1 is 1.52 bits per heavy atom. The van der Waals surface area contributed by atoms with Crippen molar-refractivity contribution >= 4 is 21.4 Å². The SMILES string of the molecule is CN(Cc1cc(C#CCO)cs1)S(=O)(=O)c1ccnn1C. The molecule has 0 radical (unpaired) electrons. The van der Waals surface area contributed by atoms with E-state index in [9.17, 15) is 8.42 Å². The summed E-state index contributed by atoms with van der Waals surface area (Å²) in [5, 5.41) is 14.5. The Morgan fingerprint density at radius 3 is 2.90 bits per heavy atom. The maximum Gasteiger partial charge on any atom is 0.260 e. The van der Waals surface area contributed by atoms with Gasteiger partial charge < -0.3 is 5.11 Å². The van der Waals surface area contributed by atoms with Crippen LogP contribution in [0, 0.1) is 11.8 Å². The lowest BCUT2D eigenvalue weighted by atomic mass is 10.3. The molecule has 2 heterocycles. The Bertz CT molecular complexity index is 781. The van der Waals surface area contributed by atoms with Crippen LogP contribution in [0.1, 0.15) is 10.4 Å². The first-order chi connectivity index (χ1) is 9.95. The van der Waals surface area contributed by atoms with Crippen LogP contribution in [0.4, 0.5) is 0 Å². The van der Waals surface area contributed by atoms with Crippen LogP contribution in [-0.2, 0) is 23.6 Å². The lowest BCUT2D eigenvalue weighted by Crippen LogP contribution is -2.27. The average Bonchev–Trinajstić information content (AvgIpc) is 3.05. The summed E-state index contributed by atoms with van der Waals surface area (Å²) in [7, 11) is -0.447. The number of nitrogens with zero attached hydrogens (tertiary/aromatic N) is 3. The number of thiophene rings is 1. The summed E-state index contributed by atoms with van der Waals surface area (Å²) in [4.78, 5) is 0.880. The van der Waals surface area contributed by atoms with Crippen LogP contribution in [0.15, 0.2) is 28.7 Å². The van der Waals surface area contributed by atoms with Crippen molar-refractivity contribution in [3.05, 3.63) is 34.2 Å². The topological polar surface area (TPSA) is 75.4 Å². The molecule has 0 saturated heterocycles. The number of aromatic nitrogens is 2. The maximum atomic E-state index is 12.4. The van der Waals surface area contributed by atoms with Crippen molar-refractivity contribution in [1.29, 1.82) is 0 Å². The van der Waals surface area contributed by atoms with Gasteiger partial charge in [-0.2, -0.15) is 9.40 Å². The molecule has 0 aromatic carbocycles. The molecule has 0 fully saturated rings. The fourth-order valence-corrected chi connectivity index (χ4v) is 3.94. The zero-order valence-electron chi connectivity index (χ0n) is 11.6. The predicted octanol–water partition coefficient (Wildman–Crippen LogP) is 0.646. The Morgan fingerprint density at radius 2 is 2.29 bits per heavy atom. The van der Waals surface area contributed by atoms with Gasteiger partial charge in [-0.05, 0) is 12.1 Å². The molecular weight excluding hydrogens is 310 g/mol. The Kier molecular flexibility index (Phi) is 4.80. The molecule has 0 spiro atoms. The maximum absolute atomic E-state index is 12.4. The smallest absolute Gasteiger partial charge is 0.260 e. The van der Waals surface area contributed by atoms with Gasteiger partial charge in [0.2, 0.25) is 0 Å². The molecule has 21 heavy (non-hydrogen) atoms. The number of aliphatic hydroxyl groups excluding tert-OH is 1. The van der Waals surface area contributed by atoms with Crippen LogP contribution in [0.5, 0.6) is 0 Å². The Hall–Kier alpha value is -1.66. The Balaban J connectivity index is 2.16. The minimum absolute atomic E-state index is 0.154. The number of rotatable bonds is 4. The molecule has 1 N–H and O–H groups in total. The van der Waals surface area contributed by atoms with Gasteiger partial charge in [0.05, 0.1) is 6.20 Å². The van der Waals surface area contributed by atoms with Gasteiger partial charge in [-0.15, -0.1) is 11.3 Å². The first kappa shape index (κ1) is 15.7. The highest BCUT2D eigenvalue weighted by atomic mass is 32.2. The van der Waals surface area contributed by atoms with Gasteiger partial charge in [-0.1, -0.05) is 11.8 Å². The molecule has 112 valence electrons. The first-order valence-corrected chi connectivity index (χ1v) is 8.38. The summed E-state index contributed by atoms with van der Waals surface area (Å²) >= 11 is 1.43. The van der Waals surface area contributed by atoms with Crippen molar-refractivity contribution in [1.82, 2.24) is 14.1 Å². The molecule has 0 aliphatic carbocycles. The average molecular weight is 325 g/mol. The van der Waals surface area contributed by atoms with Crippen molar-refractivity contribution in [3.63, 3.8) is 0 Å². The van der Waals surface area contributed by atoms with E-state index < -0.39 is 10.0 Å². The third kappa shape index (κ3) is 3.51. The van der Waals surface area contributed by atoms with Gasteiger partial charge in [-0.3, -0.25) is 4.68 Å². The highest BCUT2D eigenvalue weighted by Crippen LogP contribution is 2.20. The van der Waals surface area contributed by atoms with Gasteiger partial charge in [0.15, 0.2) is 5.03 Å². The van der Waals surface area contributed by atoms with Crippen LogP contribution >= 0.6 is 11.3 Å². The second-order valence-corrected chi connectivity index (χ2v) is 7.30. The van der Waals surface area contributed by atoms with E-state index in [-0.39, 0.29) is 18.2 Å². The van der Waals surface area contributed by atoms with Gasteiger partial charge >= 0.3 is 0 Å². The van der Waals surface area contributed by atoms with Crippen molar-refractivity contribution < 1.29 is 13.5 Å². The van der Waals surface area contributed by atoms with Gasteiger partial charge in [0, 0.05) is 36.5 Å². The van der Waals surface area contributed by atoms with Crippen LogP contribution < -0.4 is 0 Å². The van der Waals surface area contributed by atoms with Gasteiger partial charge in [0.1, 0.15) is 6.61 Å². The summed E-state index contributed by atoms with van der Waals surface area (Å²) in [6.45, 7) is 0.0684.